The van der Waals surface area contributed by atoms with Gasteiger partial charge in [-0.25, -0.2) is 0 Å². The summed E-state index contributed by atoms with van der Waals surface area (Å²) >= 11 is 0. The normalized spacial score (nSPS) is 23.6. The lowest BCUT2D eigenvalue weighted by molar-refractivity contribution is 0.0581. The zero-order valence-electron chi connectivity index (χ0n) is 15.7. The number of imide groups is 1. The average Bonchev–Trinajstić information content (AvgIpc) is 3.32. The molecule has 2 amide bonds. The number of rotatable bonds is 8. The summed E-state index contributed by atoms with van der Waals surface area (Å²) in [5, 5.41) is 0. The summed E-state index contributed by atoms with van der Waals surface area (Å²) in [7, 11) is 0. The Hall–Kier alpha value is -2.46. The van der Waals surface area contributed by atoms with Gasteiger partial charge in [-0.2, -0.15) is 0 Å². The van der Waals surface area contributed by atoms with E-state index in [4.69, 9.17) is 4.74 Å². The highest BCUT2D eigenvalue weighted by Gasteiger charge is 2.56. The van der Waals surface area contributed by atoms with E-state index in [0.717, 1.165) is 19.3 Å². The lowest BCUT2D eigenvalue weighted by Gasteiger charge is -2.23. The van der Waals surface area contributed by atoms with Crippen molar-refractivity contribution in [2.45, 2.75) is 32.8 Å². The maximum atomic E-state index is 12.7. The summed E-state index contributed by atoms with van der Waals surface area (Å²) in [6.45, 7) is 3.95. The molecule has 0 bridgehead atoms. The van der Waals surface area contributed by atoms with Gasteiger partial charge in [0, 0.05) is 6.54 Å². The van der Waals surface area contributed by atoms with Gasteiger partial charge in [0.05, 0.1) is 24.3 Å². The maximum absolute atomic E-state index is 12.7. The Balaban J connectivity index is 1.39. The number of hydrogen-bond acceptors (Lipinski definition) is 3. The van der Waals surface area contributed by atoms with E-state index in [2.05, 4.69) is 19.1 Å². The number of carbonyl (C=O) groups is 2. The second kappa shape index (κ2) is 7.28. The molecular weight excluding hydrogens is 338 g/mol. The van der Waals surface area contributed by atoms with E-state index in [0.29, 0.717) is 36.8 Å². The molecule has 4 rings (SSSR count). The van der Waals surface area contributed by atoms with E-state index in [-0.39, 0.29) is 17.2 Å². The molecule has 4 nitrogen and oxygen atoms in total. The predicted molar refractivity (Wildman–Crippen MR) is 103 cm³/mol. The van der Waals surface area contributed by atoms with Crippen molar-refractivity contribution in [3.8, 4) is 0 Å². The molecule has 1 aliphatic carbocycles. The lowest BCUT2D eigenvalue weighted by atomic mass is 9.96. The number of amides is 2. The fourth-order valence-electron chi connectivity index (χ4n) is 4.34. The minimum absolute atomic E-state index is 0.0127. The van der Waals surface area contributed by atoms with Gasteiger partial charge >= 0.3 is 0 Å². The Bertz CT molecular complexity index is 813. The van der Waals surface area contributed by atoms with Crippen LogP contribution in [0.2, 0.25) is 0 Å². The molecule has 2 aromatic carbocycles. The lowest BCUT2D eigenvalue weighted by Crippen LogP contribution is -2.36. The Labute approximate surface area is 160 Å². The number of ether oxygens (including phenoxy) is 1. The summed E-state index contributed by atoms with van der Waals surface area (Å²) < 4.78 is 5.94. The highest BCUT2D eigenvalue weighted by atomic mass is 16.5. The third-order valence-corrected chi connectivity index (χ3v) is 5.89. The third-order valence-electron chi connectivity index (χ3n) is 5.89. The van der Waals surface area contributed by atoms with Crippen LogP contribution >= 0.6 is 0 Å². The van der Waals surface area contributed by atoms with Gasteiger partial charge in [0.25, 0.3) is 11.8 Å². The predicted octanol–water partition coefficient (Wildman–Crippen LogP) is 4.31. The van der Waals surface area contributed by atoms with Crippen LogP contribution in [0.25, 0.3) is 0 Å². The molecule has 1 fully saturated rings. The van der Waals surface area contributed by atoms with Crippen LogP contribution in [0.1, 0.15) is 52.5 Å². The van der Waals surface area contributed by atoms with E-state index in [9.17, 15) is 9.59 Å². The topological polar surface area (TPSA) is 46.6 Å². The molecule has 140 valence electrons. The first-order chi connectivity index (χ1) is 13.1. The summed E-state index contributed by atoms with van der Waals surface area (Å²) in [6, 6.07) is 17.3. The van der Waals surface area contributed by atoms with Crippen molar-refractivity contribution < 1.29 is 14.3 Å². The molecule has 2 aliphatic rings. The molecule has 0 aromatic heterocycles. The molecule has 0 spiro atoms. The van der Waals surface area contributed by atoms with Crippen LogP contribution in [0, 0.1) is 11.3 Å². The van der Waals surface area contributed by atoms with Crippen LogP contribution in [0.15, 0.2) is 54.6 Å². The number of benzene rings is 2. The Kier molecular flexibility index (Phi) is 4.83. The first-order valence-electron chi connectivity index (χ1n) is 9.71. The quantitative estimate of drug-likeness (QED) is 0.657. The van der Waals surface area contributed by atoms with Crippen molar-refractivity contribution in [2.75, 3.05) is 13.2 Å². The van der Waals surface area contributed by atoms with Crippen molar-refractivity contribution in [1.82, 2.24) is 4.90 Å². The summed E-state index contributed by atoms with van der Waals surface area (Å²) in [4.78, 5) is 26.8. The van der Waals surface area contributed by atoms with Gasteiger partial charge in [0.1, 0.15) is 0 Å². The van der Waals surface area contributed by atoms with E-state index < -0.39 is 0 Å². The standard InChI is InChI=1S/C23H25NO3/c1-2-12-23(13-18(23)15-27-14-17-8-4-3-5-9-17)16-24-21(25)19-10-6-7-11-20(19)22(24)26/h3-11,18H,2,12-16H2,1H3/t18-,23+/m0/s1. The summed E-state index contributed by atoms with van der Waals surface area (Å²) in [6.07, 6.45) is 3.07. The molecule has 27 heavy (non-hydrogen) atoms. The van der Waals surface area contributed by atoms with Gasteiger partial charge in [0.15, 0.2) is 0 Å². The number of nitrogens with zero attached hydrogens (tertiary/aromatic N) is 1. The summed E-state index contributed by atoms with van der Waals surface area (Å²) in [5.41, 5.74) is 2.25. The molecule has 2 atom stereocenters. The fourth-order valence-corrected chi connectivity index (χ4v) is 4.34. The highest BCUT2D eigenvalue weighted by Crippen LogP contribution is 2.57. The minimum atomic E-state index is -0.151. The van der Waals surface area contributed by atoms with Gasteiger partial charge in [-0.15, -0.1) is 0 Å². The van der Waals surface area contributed by atoms with Gasteiger partial charge in [0.2, 0.25) is 0 Å². The number of fused-ring (bicyclic) bond motifs is 1. The smallest absolute Gasteiger partial charge is 0.261 e. The van der Waals surface area contributed by atoms with Crippen molar-refractivity contribution in [3.05, 3.63) is 71.3 Å². The summed E-state index contributed by atoms with van der Waals surface area (Å²) in [5.74, 6) is 0.106. The van der Waals surface area contributed by atoms with Gasteiger partial charge in [-0.1, -0.05) is 55.8 Å². The van der Waals surface area contributed by atoms with Crippen molar-refractivity contribution in [3.63, 3.8) is 0 Å². The zero-order valence-corrected chi connectivity index (χ0v) is 15.7. The van der Waals surface area contributed by atoms with Gasteiger partial charge < -0.3 is 4.74 Å². The first-order valence-corrected chi connectivity index (χ1v) is 9.71. The van der Waals surface area contributed by atoms with Crippen molar-refractivity contribution >= 4 is 11.8 Å². The highest BCUT2D eigenvalue weighted by molar-refractivity contribution is 6.21. The molecule has 0 saturated heterocycles. The Morgan fingerprint density at radius 3 is 2.26 bits per heavy atom. The first kappa shape index (κ1) is 17.9. The molecule has 0 N–H and O–H groups in total. The average molecular weight is 363 g/mol. The SMILES string of the molecule is CCC[C@]1(CN2C(=O)c3ccccc3C2=O)C[C@H]1COCc1ccccc1. The largest absolute Gasteiger partial charge is 0.376 e. The second-order valence-electron chi connectivity index (χ2n) is 7.76. The zero-order chi connectivity index (χ0) is 18.9. The molecular formula is C23H25NO3. The Morgan fingerprint density at radius 2 is 1.63 bits per heavy atom. The Morgan fingerprint density at radius 1 is 1.00 bits per heavy atom. The molecule has 1 heterocycles. The van der Waals surface area contributed by atoms with Gasteiger partial charge in [-0.05, 0) is 41.9 Å². The van der Waals surface area contributed by atoms with E-state index in [1.165, 1.54) is 10.5 Å². The van der Waals surface area contributed by atoms with Gasteiger partial charge in [-0.3, -0.25) is 14.5 Å². The number of carbonyl (C=O) groups excluding carboxylic acids is 2. The number of hydrogen-bond donors (Lipinski definition) is 0. The third kappa shape index (κ3) is 3.42. The van der Waals surface area contributed by atoms with Crippen LogP contribution in [0.5, 0.6) is 0 Å². The van der Waals surface area contributed by atoms with Crippen LogP contribution in [0.3, 0.4) is 0 Å². The van der Waals surface area contributed by atoms with E-state index >= 15 is 0 Å². The molecule has 1 aliphatic heterocycles. The van der Waals surface area contributed by atoms with E-state index in [1.807, 2.05) is 30.3 Å². The van der Waals surface area contributed by atoms with Crippen molar-refractivity contribution in [2.24, 2.45) is 11.3 Å². The molecule has 2 aromatic rings. The maximum Gasteiger partial charge on any atom is 0.261 e. The second-order valence-corrected chi connectivity index (χ2v) is 7.76. The van der Waals surface area contributed by atoms with Crippen LogP contribution < -0.4 is 0 Å². The minimum Gasteiger partial charge on any atom is -0.376 e. The van der Waals surface area contributed by atoms with Crippen LogP contribution in [-0.2, 0) is 11.3 Å². The monoisotopic (exact) mass is 363 g/mol. The van der Waals surface area contributed by atoms with Crippen molar-refractivity contribution in [1.29, 1.82) is 0 Å². The molecule has 0 radical (unpaired) electrons. The van der Waals surface area contributed by atoms with Crippen LogP contribution in [0.4, 0.5) is 0 Å². The van der Waals surface area contributed by atoms with Crippen LogP contribution in [-0.4, -0.2) is 29.9 Å². The molecule has 1 saturated carbocycles. The molecule has 4 heteroatoms. The molecule has 0 unspecified atom stereocenters. The fraction of sp³-hybridized carbons (Fsp3) is 0.391. The van der Waals surface area contributed by atoms with E-state index in [1.54, 1.807) is 12.1 Å².